The van der Waals surface area contributed by atoms with Crippen LogP contribution >= 0.6 is 22.9 Å². The molecule has 1 N–H and O–H groups in total. The molecule has 0 unspecified atom stereocenters. The first-order valence-corrected chi connectivity index (χ1v) is 12.3. The minimum absolute atomic E-state index is 0.490. The number of hydrogen-bond donors (Lipinski definition) is 1. The van der Waals surface area contributed by atoms with Gasteiger partial charge in [0, 0.05) is 10.6 Å². The molecular weight excluding hydrogens is 474 g/mol. The number of hydrazone groups is 1. The molecule has 0 aliphatic rings. The van der Waals surface area contributed by atoms with Crippen molar-refractivity contribution < 1.29 is 4.74 Å². The van der Waals surface area contributed by atoms with Crippen LogP contribution in [0.4, 0.5) is 5.13 Å². The quantitative estimate of drug-likeness (QED) is 0.174. The van der Waals surface area contributed by atoms with Crippen LogP contribution in [0.25, 0.3) is 21.7 Å². The van der Waals surface area contributed by atoms with E-state index in [0.717, 1.165) is 48.7 Å². The van der Waals surface area contributed by atoms with E-state index < -0.39 is 0 Å². The van der Waals surface area contributed by atoms with Crippen LogP contribution in [0, 0.1) is 0 Å². The van der Waals surface area contributed by atoms with Gasteiger partial charge in [-0.3, -0.25) is 5.43 Å². The molecule has 0 saturated carbocycles. The molecular formula is C29H22ClN3OS. The second kappa shape index (κ2) is 11.0. The second-order valence-corrected chi connectivity index (χ2v) is 9.22. The van der Waals surface area contributed by atoms with Gasteiger partial charge in [0.15, 0.2) is 0 Å². The summed E-state index contributed by atoms with van der Waals surface area (Å²) >= 11 is 7.52. The van der Waals surface area contributed by atoms with Gasteiger partial charge in [-0.15, -0.1) is 0 Å². The molecule has 0 spiro atoms. The number of hydrogen-bond acceptors (Lipinski definition) is 5. The van der Waals surface area contributed by atoms with E-state index in [1.54, 1.807) is 17.6 Å². The summed E-state index contributed by atoms with van der Waals surface area (Å²) in [6.45, 7) is 0.490. The fraction of sp³-hybridized carbons (Fsp3) is 0.0345. The van der Waals surface area contributed by atoms with Gasteiger partial charge < -0.3 is 4.74 Å². The summed E-state index contributed by atoms with van der Waals surface area (Å²) in [6.07, 6.45) is 1.77. The van der Waals surface area contributed by atoms with Crippen LogP contribution in [-0.4, -0.2) is 11.2 Å². The molecule has 0 saturated heterocycles. The fourth-order valence-corrected chi connectivity index (χ4v) is 4.57. The number of halogens is 1. The smallest absolute Gasteiger partial charge is 0.204 e. The van der Waals surface area contributed by atoms with E-state index in [0.29, 0.717) is 6.61 Å². The van der Waals surface area contributed by atoms with Crippen LogP contribution in [0.5, 0.6) is 5.75 Å². The molecule has 0 fully saturated rings. The summed E-state index contributed by atoms with van der Waals surface area (Å²) in [5.74, 6) is 0.796. The Morgan fingerprint density at radius 3 is 2.14 bits per heavy atom. The minimum atomic E-state index is 0.490. The highest BCUT2D eigenvalue weighted by atomic mass is 35.5. The molecule has 5 aromatic rings. The third-order valence-corrected chi connectivity index (χ3v) is 6.54. The predicted molar refractivity (Wildman–Crippen MR) is 146 cm³/mol. The van der Waals surface area contributed by atoms with Crippen molar-refractivity contribution in [2.75, 3.05) is 5.43 Å². The van der Waals surface area contributed by atoms with Crippen molar-refractivity contribution in [2.45, 2.75) is 6.61 Å². The average molecular weight is 496 g/mol. The molecule has 0 aliphatic heterocycles. The highest BCUT2D eigenvalue weighted by molar-refractivity contribution is 7.19. The van der Waals surface area contributed by atoms with Gasteiger partial charge in [-0.1, -0.05) is 95.7 Å². The van der Waals surface area contributed by atoms with Crippen molar-refractivity contribution in [2.24, 2.45) is 5.10 Å². The molecule has 35 heavy (non-hydrogen) atoms. The molecule has 6 heteroatoms. The maximum Gasteiger partial charge on any atom is 0.204 e. The van der Waals surface area contributed by atoms with Gasteiger partial charge in [0.2, 0.25) is 5.13 Å². The van der Waals surface area contributed by atoms with E-state index in [4.69, 9.17) is 21.3 Å². The van der Waals surface area contributed by atoms with E-state index in [1.807, 2.05) is 84.9 Å². The van der Waals surface area contributed by atoms with E-state index in [-0.39, 0.29) is 0 Å². The molecule has 0 aliphatic carbocycles. The topological polar surface area (TPSA) is 46.5 Å². The van der Waals surface area contributed by atoms with Crippen LogP contribution < -0.4 is 10.2 Å². The molecule has 172 valence electrons. The summed E-state index contributed by atoms with van der Waals surface area (Å²) < 4.78 is 5.85. The lowest BCUT2D eigenvalue weighted by atomic mass is 10.1. The van der Waals surface area contributed by atoms with E-state index in [2.05, 4.69) is 34.8 Å². The molecule has 0 bridgehead atoms. The lowest BCUT2D eigenvalue weighted by Crippen LogP contribution is -1.95. The molecule has 4 nitrogen and oxygen atoms in total. The Kier molecular flexibility index (Phi) is 7.18. The van der Waals surface area contributed by atoms with Crippen molar-refractivity contribution in [1.29, 1.82) is 0 Å². The second-order valence-electron chi connectivity index (χ2n) is 7.78. The van der Waals surface area contributed by atoms with Gasteiger partial charge >= 0.3 is 0 Å². The minimum Gasteiger partial charge on any atom is -0.489 e. The molecule has 5 rings (SSSR count). The first-order valence-electron chi connectivity index (χ1n) is 11.1. The van der Waals surface area contributed by atoms with Gasteiger partial charge in [-0.25, -0.2) is 4.98 Å². The zero-order chi connectivity index (χ0) is 23.9. The Morgan fingerprint density at radius 1 is 0.800 bits per heavy atom. The van der Waals surface area contributed by atoms with Crippen molar-refractivity contribution in [3.05, 3.63) is 125 Å². The van der Waals surface area contributed by atoms with Crippen LogP contribution in [-0.2, 0) is 6.61 Å². The number of thiazole rings is 1. The van der Waals surface area contributed by atoms with Crippen molar-refractivity contribution in [3.63, 3.8) is 0 Å². The normalized spacial score (nSPS) is 11.0. The lowest BCUT2D eigenvalue weighted by molar-refractivity contribution is 0.306. The standard InChI is InChI=1S/C29H22ClN3OS/c30-25-15-11-22(12-16-25)20-34-26-17-13-21(14-18-26)19-31-33-29-32-27(23-7-3-1-4-8-23)28(35-29)24-9-5-2-6-10-24/h1-19H,20H2,(H,32,33)/b31-19+. The number of nitrogens with zero attached hydrogens (tertiary/aromatic N) is 2. The number of ether oxygens (including phenoxy) is 1. The summed E-state index contributed by atoms with van der Waals surface area (Å²) in [6, 6.07) is 35.9. The lowest BCUT2D eigenvalue weighted by Gasteiger charge is -2.06. The first kappa shape index (κ1) is 22.8. The van der Waals surface area contributed by atoms with Crippen molar-refractivity contribution in [1.82, 2.24) is 4.98 Å². The third-order valence-electron chi connectivity index (χ3n) is 5.28. The van der Waals surface area contributed by atoms with Gasteiger partial charge in [0.05, 0.1) is 16.8 Å². The average Bonchev–Trinajstić information content (AvgIpc) is 3.34. The number of nitrogens with one attached hydrogen (secondary N) is 1. The van der Waals surface area contributed by atoms with Gasteiger partial charge in [-0.2, -0.15) is 5.10 Å². The van der Waals surface area contributed by atoms with Gasteiger partial charge in [-0.05, 0) is 53.1 Å². The maximum absolute atomic E-state index is 5.93. The number of rotatable bonds is 8. The number of benzene rings is 4. The summed E-state index contributed by atoms with van der Waals surface area (Å²) in [7, 11) is 0. The molecule has 4 aromatic carbocycles. The zero-order valence-corrected chi connectivity index (χ0v) is 20.3. The maximum atomic E-state index is 5.93. The zero-order valence-electron chi connectivity index (χ0n) is 18.8. The Balaban J connectivity index is 1.26. The van der Waals surface area contributed by atoms with Crippen molar-refractivity contribution >= 4 is 34.3 Å². The number of aromatic nitrogens is 1. The third kappa shape index (κ3) is 5.96. The Bertz CT molecular complexity index is 1340. The van der Waals surface area contributed by atoms with Crippen molar-refractivity contribution in [3.8, 4) is 27.4 Å². The van der Waals surface area contributed by atoms with Gasteiger partial charge in [0.1, 0.15) is 12.4 Å². The summed E-state index contributed by atoms with van der Waals surface area (Å²) in [5, 5.41) is 5.86. The SMILES string of the molecule is Clc1ccc(COc2ccc(/C=N/Nc3nc(-c4ccccc4)c(-c4ccccc4)s3)cc2)cc1. The summed E-state index contributed by atoms with van der Waals surface area (Å²) in [4.78, 5) is 5.93. The van der Waals surface area contributed by atoms with Gasteiger partial charge in [0.25, 0.3) is 0 Å². The largest absolute Gasteiger partial charge is 0.489 e. The van der Waals surface area contributed by atoms with Crippen LogP contribution in [0.1, 0.15) is 11.1 Å². The molecule has 0 atom stereocenters. The Labute approximate surface area is 213 Å². The molecule has 1 aromatic heterocycles. The van der Waals surface area contributed by atoms with E-state index in [9.17, 15) is 0 Å². The highest BCUT2D eigenvalue weighted by Gasteiger charge is 2.14. The first-order chi connectivity index (χ1) is 17.2. The van der Waals surface area contributed by atoms with E-state index in [1.165, 1.54) is 0 Å². The molecule has 0 amide bonds. The summed E-state index contributed by atoms with van der Waals surface area (Å²) in [5.41, 5.74) is 8.28. The van der Waals surface area contributed by atoms with Crippen LogP contribution in [0.15, 0.2) is 114 Å². The highest BCUT2D eigenvalue weighted by Crippen LogP contribution is 2.38. The molecule has 1 heterocycles. The van der Waals surface area contributed by atoms with Crippen LogP contribution in [0.3, 0.4) is 0 Å². The monoisotopic (exact) mass is 495 g/mol. The Morgan fingerprint density at radius 2 is 1.46 bits per heavy atom. The fourth-order valence-electron chi connectivity index (χ4n) is 3.50. The Hall–Kier alpha value is -3.93. The van der Waals surface area contributed by atoms with E-state index >= 15 is 0 Å². The number of anilines is 1. The molecule has 0 radical (unpaired) electrons. The predicted octanol–water partition coefficient (Wildman–Crippen LogP) is 8.16. The van der Waals surface area contributed by atoms with Crippen LogP contribution in [0.2, 0.25) is 5.02 Å².